The predicted molar refractivity (Wildman–Crippen MR) is 103 cm³/mol. The van der Waals surface area contributed by atoms with E-state index in [2.05, 4.69) is 88.0 Å². The fourth-order valence-electron chi connectivity index (χ4n) is 4.00. The summed E-state index contributed by atoms with van der Waals surface area (Å²) >= 11 is 0. The van der Waals surface area contributed by atoms with Crippen LogP contribution in [0.1, 0.15) is 38.9 Å². The van der Waals surface area contributed by atoms with E-state index in [-0.39, 0.29) is 0 Å². The van der Waals surface area contributed by atoms with Crippen LogP contribution in [0.15, 0.2) is 36.7 Å². The van der Waals surface area contributed by atoms with Gasteiger partial charge < -0.3 is 9.80 Å². The van der Waals surface area contributed by atoms with Gasteiger partial charge in [-0.1, -0.05) is 35.4 Å². The summed E-state index contributed by atoms with van der Waals surface area (Å²) in [5.74, 6) is 0. The second-order valence-electron chi connectivity index (χ2n) is 7.28. The number of hydrogen-bond acceptors (Lipinski definition) is 2. The average molecular weight is 320 g/mol. The number of rotatable bonds is 3. The molecule has 2 nitrogen and oxygen atoms in total. The van der Waals surface area contributed by atoms with E-state index in [1.54, 1.807) is 0 Å². The molecule has 0 fully saturated rings. The molecule has 0 unspecified atom stereocenters. The van der Waals surface area contributed by atoms with Crippen LogP contribution < -0.4 is 4.90 Å². The zero-order chi connectivity index (χ0) is 17.4. The first kappa shape index (κ1) is 16.6. The van der Waals surface area contributed by atoms with Crippen molar-refractivity contribution >= 4 is 5.69 Å². The Morgan fingerprint density at radius 1 is 0.708 bits per heavy atom. The lowest BCUT2D eigenvalue weighted by molar-refractivity contribution is 0.398. The molecule has 3 rings (SSSR count). The molecule has 0 spiro atoms. The summed E-state index contributed by atoms with van der Waals surface area (Å²) in [5, 5.41) is 0. The van der Waals surface area contributed by atoms with Gasteiger partial charge in [-0.2, -0.15) is 0 Å². The van der Waals surface area contributed by atoms with Crippen LogP contribution in [0, 0.1) is 41.5 Å². The Bertz CT molecular complexity index is 756. The van der Waals surface area contributed by atoms with Gasteiger partial charge in [-0.25, -0.2) is 0 Å². The van der Waals surface area contributed by atoms with Crippen molar-refractivity contribution in [3.8, 4) is 0 Å². The van der Waals surface area contributed by atoms with Crippen LogP contribution in [0.4, 0.5) is 5.69 Å². The molecule has 126 valence electrons. The third kappa shape index (κ3) is 3.19. The standard InChI is InChI=1S/C22H28N2/c1-15-9-17(3)21(18(4)10-15)13-23-7-8-24(14-23)22-19(5)11-16(2)12-20(22)6/h7-12H,13-14H2,1-6H3. The molecule has 2 aromatic rings. The number of anilines is 1. The highest BCUT2D eigenvalue weighted by Gasteiger charge is 2.18. The lowest BCUT2D eigenvalue weighted by Gasteiger charge is -2.25. The van der Waals surface area contributed by atoms with Crippen LogP contribution in [0.3, 0.4) is 0 Å². The maximum Gasteiger partial charge on any atom is 0.0945 e. The Labute approximate surface area is 146 Å². The van der Waals surface area contributed by atoms with E-state index in [1.807, 2.05) is 0 Å². The van der Waals surface area contributed by atoms with Crippen molar-refractivity contribution in [1.82, 2.24) is 4.90 Å². The highest BCUT2D eigenvalue weighted by molar-refractivity contribution is 5.62. The van der Waals surface area contributed by atoms with Gasteiger partial charge in [0.2, 0.25) is 0 Å². The molecule has 2 aromatic carbocycles. The largest absolute Gasteiger partial charge is 0.354 e. The van der Waals surface area contributed by atoms with Gasteiger partial charge in [0.25, 0.3) is 0 Å². The van der Waals surface area contributed by atoms with Gasteiger partial charge in [-0.05, 0) is 69.4 Å². The van der Waals surface area contributed by atoms with Crippen LogP contribution in [0.2, 0.25) is 0 Å². The molecule has 0 bridgehead atoms. The topological polar surface area (TPSA) is 6.48 Å². The predicted octanol–water partition coefficient (Wildman–Crippen LogP) is 5.29. The van der Waals surface area contributed by atoms with Crippen LogP contribution in [-0.4, -0.2) is 11.6 Å². The fourth-order valence-corrected chi connectivity index (χ4v) is 4.00. The molecule has 2 heteroatoms. The lowest BCUT2D eigenvalue weighted by Crippen LogP contribution is -2.26. The monoisotopic (exact) mass is 320 g/mol. The number of benzene rings is 2. The van der Waals surface area contributed by atoms with Crippen LogP contribution in [0.25, 0.3) is 0 Å². The molecule has 0 aliphatic carbocycles. The number of aryl methyl sites for hydroxylation is 6. The summed E-state index contributed by atoms with van der Waals surface area (Å²) in [6.45, 7) is 15.1. The SMILES string of the molecule is Cc1cc(C)c(CN2C=CN(c3c(C)cc(C)cc3C)C2)c(C)c1. The number of nitrogens with zero attached hydrogens (tertiary/aromatic N) is 2. The molecule has 0 atom stereocenters. The van der Waals surface area contributed by atoms with Crippen LogP contribution in [0.5, 0.6) is 0 Å². The van der Waals surface area contributed by atoms with Gasteiger partial charge in [-0.3, -0.25) is 0 Å². The van der Waals surface area contributed by atoms with Crippen molar-refractivity contribution in [2.24, 2.45) is 0 Å². The Morgan fingerprint density at radius 2 is 1.21 bits per heavy atom. The Morgan fingerprint density at radius 3 is 1.75 bits per heavy atom. The smallest absolute Gasteiger partial charge is 0.0945 e. The number of hydrogen-bond donors (Lipinski definition) is 0. The molecule has 0 saturated heterocycles. The molecular weight excluding hydrogens is 292 g/mol. The molecule has 0 amide bonds. The Hall–Kier alpha value is -2.22. The molecule has 0 radical (unpaired) electrons. The minimum atomic E-state index is 0.914. The second-order valence-corrected chi connectivity index (χ2v) is 7.28. The first-order valence-corrected chi connectivity index (χ1v) is 8.68. The molecule has 0 N–H and O–H groups in total. The molecule has 1 aliphatic heterocycles. The van der Waals surface area contributed by atoms with Crippen LogP contribution >= 0.6 is 0 Å². The van der Waals surface area contributed by atoms with E-state index in [1.165, 1.54) is 44.6 Å². The van der Waals surface area contributed by atoms with E-state index in [0.717, 1.165) is 13.2 Å². The quantitative estimate of drug-likeness (QED) is 0.758. The first-order valence-electron chi connectivity index (χ1n) is 8.68. The third-order valence-electron chi connectivity index (χ3n) is 4.92. The maximum atomic E-state index is 2.39. The van der Waals surface area contributed by atoms with Gasteiger partial charge in [0, 0.05) is 24.6 Å². The Balaban J connectivity index is 1.79. The van der Waals surface area contributed by atoms with Crippen molar-refractivity contribution in [3.05, 3.63) is 75.6 Å². The first-order chi connectivity index (χ1) is 11.3. The second kappa shape index (κ2) is 6.35. The summed E-state index contributed by atoms with van der Waals surface area (Å²) in [6.07, 6.45) is 4.43. The fraction of sp³-hybridized carbons (Fsp3) is 0.364. The molecule has 0 aromatic heterocycles. The van der Waals surface area contributed by atoms with Gasteiger partial charge >= 0.3 is 0 Å². The van der Waals surface area contributed by atoms with E-state index in [9.17, 15) is 0 Å². The molecule has 1 heterocycles. The Kier molecular flexibility index (Phi) is 4.40. The van der Waals surface area contributed by atoms with Crippen LogP contribution in [-0.2, 0) is 6.54 Å². The summed E-state index contributed by atoms with van der Waals surface area (Å²) in [4.78, 5) is 4.76. The van der Waals surface area contributed by atoms with Gasteiger partial charge in [0.1, 0.15) is 0 Å². The summed E-state index contributed by atoms with van der Waals surface area (Å²) < 4.78 is 0. The zero-order valence-corrected chi connectivity index (χ0v) is 15.8. The van der Waals surface area contributed by atoms with Crippen molar-refractivity contribution in [3.63, 3.8) is 0 Å². The van der Waals surface area contributed by atoms with E-state index < -0.39 is 0 Å². The summed E-state index contributed by atoms with van der Waals surface area (Å²) in [5.41, 5.74) is 11.0. The van der Waals surface area contributed by atoms with Gasteiger partial charge in [0.05, 0.1) is 6.67 Å². The minimum Gasteiger partial charge on any atom is -0.354 e. The molecular formula is C22H28N2. The van der Waals surface area contributed by atoms with E-state index >= 15 is 0 Å². The molecule has 1 aliphatic rings. The highest BCUT2D eigenvalue weighted by atomic mass is 15.3. The van der Waals surface area contributed by atoms with Crippen molar-refractivity contribution in [2.45, 2.75) is 48.1 Å². The van der Waals surface area contributed by atoms with Crippen molar-refractivity contribution < 1.29 is 0 Å². The normalized spacial score (nSPS) is 13.9. The van der Waals surface area contributed by atoms with Crippen molar-refractivity contribution in [2.75, 3.05) is 11.6 Å². The molecule has 0 saturated carbocycles. The lowest BCUT2D eigenvalue weighted by atomic mass is 9.99. The maximum absolute atomic E-state index is 2.39. The molecule has 24 heavy (non-hydrogen) atoms. The van der Waals surface area contributed by atoms with Gasteiger partial charge in [-0.15, -0.1) is 0 Å². The van der Waals surface area contributed by atoms with Gasteiger partial charge in [0.15, 0.2) is 0 Å². The third-order valence-corrected chi connectivity index (χ3v) is 4.92. The summed E-state index contributed by atoms with van der Waals surface area (Å²) in [7, 11) is 0. The van der Waals surface area contributed by atoms with Crippen molar-refractivity contribution in [1.29, 1.82) is 0 Å². The highest BCUT2D eigenvalue weighted by Crippen LogP contribution is 2.29. The average Bonchev–Trinajstić information content (AvgIpc) is 2.90. The van der Waals surface area contributed by atoms with E-state index in [4.69, 9.17) is 0 Å². The zero-order valence-electron chi connectivity index (χ0n) is 15.8. The summed E-state index contributed by atoms with van der Waals surface area (Å²) in [6, 6.07) is 9.11. The minimum absolute atomic E-state index is 0.914. The van der Waals surface area contributed by atoms with E-state index in [0.29, 0.717) is 0 Å².